The molecule has 3 heterocycles. The molecular weight excluding hydrogens is 846 g/mol. The summed E-state index contributed by atoms with van der Waals surface area (Å²) in [6, 6.07) is 21.1. The first-order valence-electron chi connectivity index (χ1n) is 16.5. The molecule has 3 aromatic heterocycles. The molecule has 6 aromatic rings. The van der Waals surface area contributed by atoms with Crippen molar-refractivity contribution in [3.05, 3.63) is 161 Å². The van der Waals surface area contributed by atoms with Crippen molar-refractivity contribution in [3.8, 4) is 0 Å². The number of anilines is 6. The molecule has 0 amide bonds. The smallest absolute Gasteiger partial charge is 0.545 e. The molecule has 0 aliphatic carbocycles. The minimum Gasteiger partial charge on any atom is -0.545 e. The summed E-state index contributed by atoms with van der Waals surface area (Å²) in [5.41, 5.74) is -2.96. The molecular formula is C39H24AlF9N6O6. The van der Waals surface area contributed by atoms with Crippen LogP contribution in [0.3, 0.4) is 0 Å². The zero-order chi connectivity index (χ0) is 44.3. The Hall–Kier alpha value is -7.18. The van der Waals surface area contributed by atoms with Crippen LogP contribution < -0.4 is 31.3 Å². The molecule has 0 aliphatic heterocycles. The molecule has 0 saturated carbocycles. The van der Waals surface area contributed by atoms with Crippen LogP contribution in [0, 0.1) is 0 Å². The minimum atomic E-state index is -4.47. The van der Waals surface area contributed by atoms with Gasteiger partial charge in [0.2, 0.25) is 0 Å². The number of nitrogens with one attached hydrogen (secondary N) is 3. The number of nitrogens with zero attached hydrogens (tertiary/aromatic N) is 3. The predicted octanol–water partition coefficient (Wildman–Crippen LogP) is 6.24. The van der Waals surface area contributed by atoms with E-state index in [4.69, 9.17) is 0 Å². The maximum Gasteiger partial charge on any atom is 3.00 e. The second kappa shape index (κ2) is 20.7. The van der Waals surface area contributed by atoms with Crippen molar-refractivity contribution in [2.75, 3.05) is 16.0 Å². The maximum absolute atomic E-state index is 12.6. The van der Waals surface area contributed by atoms with Gasteiger partial charge in [-0.15, -0.1) is 0 Å². The Morgan fingerprint density at radius 2 is 0.656 bits per heavy atom. The molecule has 0 fully saturated rings. The van der Waals surface area contributed by atoms with Crippen molar-refractivity contribution in [2.24, 2.45) is 0 Å². The summed E-state index contributed by atoms with van der Waals surface area (Å²) < 4.78 is 113. The largest absolute Gasteiger partial charge is 3.00 e. The van der Waals surface area contributed by atoms with Gasteiger partial charge in [0.25, 0.3) is 0 Å². The Labute approximate surface area is 348 Å². The molecule has 6 rings (SSSR count). The van der Waals surface area contributed by atoms with Gasteiger partial charge in [-0.3, -0.25) is 0 Å². The molecule has 0 radical (unpaired) electrons. The van der Waals surface area contributed by atoms with Gasteiger partial charge in [0.15, 0.2) is 0 Å². The van der Waals surface area contributed by atoms with Gasteiger partial charge in [-0.25, -0.2) is 15.0 Å². The van der Waals surface area contributed by atoms with Crippen molar-refractivity contribution >= 4 is 69.8 Å². The van der Waals surface area contributed by atoms with Crippen LogP contribution in [-0.2, 0) is 18.5 Å². The SMILES string of the molecule is O=C([O-])c1cccnc1Nc1cccc(C(F)(F)F)c1.O=C([O-])c1cccnc1Nc1cccc(C(F)(F)F)c1.O=C([O-])c1cccnc1Nc1cccc(C(F)(F)F)c1.[Al+3]. The number of carbonyl (C=O) groups is 3. The third-order valence-corrected chi connectivity index (χ3v) is 7.44. The number of hydrogen-bond acceptors (Lipinski definition) is 12. The third-order valence-electron chi connectivity index (χ3n) is 7.44. The Morgan fingerprint density at radius 1 is 0.410 bits per heavy atom. The summed E-state index contributed by atoms with van der Waals surface area (Å²) in [5, 5.41) is 40.2. The van der Waals surface area contributed by atoms with E-state index in [9.17, 15) is 69.2 Å². The number of benzene rings is 3. The first-order chi connectivity index (χ1) is 28.1. The van der Waals surface area contributed by atoms with Gasteiger partial charge in [-0.2, -0.15) is 39.5 Å². The van der Waals surface area contributed by atoms with Crippen LogP contribution in [0.15, 0.2) is 128 Å². The number of halogens is 9. The first-order valence-corrected chi connectivity index (χ1v) is 16.5. The molecule has 0 spiro atoms. The molecule has 22 heteroatoms. The number of carboxylic acid groups (broad SMARTS) is 3. The molecule has 12 nitrogen and oxygen atoms in total. The fraction of sp³-hybridized carbons (Fsp3) is 0.0769. The molecule has 0 bridgehead atoms. The number of hydrogen-bond donors (Lipinski definition) is 3. The van der Waals surface area contributed by atoms with E-state index >= 15 is 0 Å². The van der Waals surface area contributed by atoms with E-state index in [1.165, 1.54) is 91.4 Å². The van der Waals surface area contributed by atoms with Crippen LogP contribution in [0.4, 0.5) is 74.0 Å². The van der Waals surface area contributed by atoms with E-state index in [-0.39, 0.29) is 68.6 Å². The average Bonchev–Trinajstić information content (AvgIpc) is 3.18. The van der Waals surface area contributed by atoms with Crippen molar-refractivity contribution in [3.63, 3.8) is 0 Å². The van der Waals surface area contributed by atoms with E-state index in [2.05, 4.69) is 30.9 Å². The van der Waals surface area contributed by atoms with E-state index in [1.54, 1.807) is 0 Å². The number of aromatic nitrogens is 3. The number of carboxylic acids is 3. The van der Waals surface area contributed by atoms with Gasteiger partial charge in [-0.1, -0.05) is 18.2 Å². The normalized spacial score (nSPS) is 11.0. The van der Waals surface area contributed by atoms with Gasteiger partial charge >= 0.3 is 35.9 Å². The fourth-order valence-corrected chi connectivity index (χ4v) is 4.74. The van der Waals surface area contributed by atoms with Gasteiger partial charge in [-0.05, 0) is 91.0 Å². The number of aromatic carboxylic acids is 3. The molecule has 0 atom stereocenters. The van der Waals surface area contributed by atoms with Gasteiger partial charge in [0.1, 0.15) is 17.5 Å². The summed E-state index contributed by atoms with van der Waals surface area (Å²) in [7, 11) is 0. The predicted molar refractivity (Wildman–Crippen MR) is 196 cm³/mol. The summed E-state index contributed by atoms with van der Waals surface area (Å²) in [6.07, 6.45) is -9.45. The second-order valence-electron chi connectivity index (χ2n) is 11.7. The van der Waals surface area contributed by atoms with E-state index in [0.29, 0.717) is 0 Å². The van der Waals surface area contributed by atoms with E-state index < -0.39 is 53.1 Å². The van der Waals surface area contributed by atoms with Crippen LogP contribution in [0.5, 0.6) is 0 Å². The Bertz CT molecular complexity index is 2200. The topological polar surface area (TPSA) is 195 Å². The minimum absolute atomic E-state index is 0. The zero-order valence-corrected chi connectivity index (χ0v) is 31.5. The fourth-order valence-electron chi connectivity index (χ4n) is 4.74. The third kappa shape index (κ3) is 14.3. The zero-order valence-electron chi connectivity index (χ0n) is 30.4. The Balaban J connectivity index is 0.000000242. The quantitative estimate of drug-likeness (QED) is 0.110. The molecule has 0 unspecified atom stereocenters. The van der Waals surface area contributed by atoms with Crippen LogP contribution in [0.25, 0.3) is 0 Å². The van der Waals surface area contributed by atoms with Gasteiger partial charge in [0, 0.05) is 52.3 Å². The van der Waals surface area contributed by atoms with Crippen LogP contribution >= 0.6 is 0 Å². The molecule has 3 N–H and O–H groups in total. The van der Waals surface area contributed by atoms with Crippen molar-refractivity contribution in [1.82, 2.24) is 15.0 Å². The summed E-state index contributed by atoms with van der Waals surface area (Å²) in [4.78, 5) is 43.9. The van der Waals surface area contributed by atoms with Crippen molar-refractivity contribution < 1.29 is 69.2 Å². The Morgan fingerprint density at radius 3 is 0.869 bits per heavy atom. The second-order valence-corrected chi connectivity index (χ2v) is 11.7. The van der Waals surface area contributed by atoms with E-state index in [1.807, 2.05) is 0 Å². The number of alkyl halides is 9. The summed E-state index contributed by atoms with van der Waals surface area (Å²) >= 11 is 0. The standard InChI is InChI=1S/3C13H9F3N2O2.Al/c3*14-13(15,16)8-3-1-4-9(7-8)18-11-10(12(19)20)5-2-6-17-11;/h3*1-7H,(H,17,18)(H,19,20);/q;;;+3/p-3. The van der Waals surface area contributed by atoms with Gasteiger partial charge in [0.05, 0.1) is 34.6 Å². The summed E-state index contributed by atoms with van der Waals surface area (Å²) in [5.74, 6) is -4.63. The van der Waals surface area contributed by atoms with Crippen LogP contribution in [0.2, 0.25) is 0 Å². The average molecular weight is 871 g/mol. The summed E-state index contributed by atoms with van der Waals surface area (Å²) in [6.45, 7) is 0. The Kier molecular flexibility index (Phi) is 16.3. The number of carbonyl (C=O) groups excluding carboxylic acids is 3. The van der Waals surface area contributed by atoms with Crippen LogP contribution in [0.1, 0.15) is 47.8 Å². The first kappa shape index (κ1) is 48.2. The molecule has 0 saturated heterocycles. The van der Waals surface area contributed by atoms with Crippen molar-refractivity contribution in [1.29, 1.82) is 0 Å². The van der Waals surface area contributed by atoms with E-state index in [0.717, 1.165) is 36.4 Å². The monoisotopic (exact) mass is 870 g/mol. The van der Waals surface area contributed by atoms with Crippen molar-refractivity contribution in [2.45, 2.75) is 18.5 Å². The number of rotatable bonds is 9. The molecule has 61 heavy (non-hydrogen) atoms. The molecule has 3 aromatic carbocycles. The molecule has 312 valence electrons. The van der Waals surface area contributed by atoms with Crippen LogP contribution in [-0.4, -0.2) is 50.2 Å². The van der Waals surface area contributed by atoms with Gasteiger partial charge < -0.3 is 45.7 Å². The number of pyridine rings is 3. The molecule has 0 aliphatic rings. The maximum atomic E-state index is 12.6.